The van der Waals surface area contributed by atoms with Crippen LogP contribution in [0.4, 0.5) is 5.69 Å². The third kappa shape index (κ3) is 2.96. The van der Waals surface area contributed by atoms with Crippen molar-refractivity contribution in [3.63, 3.8) is 0 Å². The van der Waals surface area contributed by atoms with Gasteiger partial charge in [0.15, 0.2) is 0 Å². The minimum Gasteiger partial charge on any atom is -0.480 e. The Bertz CT molecular complexity index is 770. The molecule has 0 atom stereocenters. The molecular weight excluding hydrogens is 298 g/mol. The Morgan fingerprint density at radius 1 is 1.14 bits per heavy atom. The van der Waals surface area contributed by atoms with Crippen molar-refractivity contribution < 1.29 is 9.53 Å². The number of benzene rings is 1. The highest BCUT2D eigenvalue weighted by molar-refractivity contribution is 7.13. The van der Waals surface area contributed by atoms with E-state index < -0.39 is 0 Å². The molecule has 0 saturated heterocycles. The maximum Gasteiger partial charge on any atom is 0.261 e. The molecule has 1 N–H and O–H groups in total. The molecule has 2 heterocycles. The number of amides is 1. The Hall–Kier alpha value is -2.73. The quantitative estimate of drug-likeness (QED) is 0.801. The fourth-order valence-electron chi connectivity index (χ4n) is 1.99. The summed E-state index contributed by atoms with van der Waals surface area (Å²) in [6, 6.07) is 10.9. The minimum absolute atomic E-state index is 0.257. The van der Waals surface area contributed by atoms with Gasteiger partial charge in [0.2, 0.25) is 5.88 Å². The molecule has 1 aromatic carbocycles. The van der Waals surface area contributed by atoms with Gasteiger partial charge in [-0.3, -0.25) is 4.79 Å². The number of nitrogens with one attached hydrogen (secondary N) is 1. The maximum atomic E-state index is 12.3. The zero-order valence-corrected chi connectivity index (χ0v) is 12.6. The Balaban J connectivity index is 1.77. The lowest BCUT2D eigenvalue weighted by Crippen LogP contribution is -2.13. The van der Waals surface area contributed by atoms with Gasteiger partial charge in [0, 0.05) is 29.0 Å². The molecule has 0 aliphatic rings. The van der Waals surface area contributed by atoms with Gasteiger partial charge in [-0.05, 0) is 36.4 Å². The number of ether oxygens (including phenoxy) is 1. The Labute approximate surface area is 131 Å². The van der Waals surface area contributed by atoms with E-state index in [0.717, 1.165) is 10.6 Å². The third-order valence-electron chi connectivity index (χ3n) is 3.03. The number of carbonyl (C=O) groups is 1. The molecule has 0 saturated carbocycles. The lowest BCUT2D eigenvalue weighted by Gasteiger charge is -2.08. The SMILES string of the molecule is COc1ncccc1C(=O)Nc1ccc(-c2nccs2)cc1. The summed E-state index contributed by atoms with van der Waals surface area (Å²) in [4.78, 5) is 20.5. The van der Waals surface area contributed by atoms with E-state index in [1.165, 1.54) is 7.11 Å². The van der Waals surface area contributed by atoms with Crippen LogP contribution in [0.2, 0.25) is 0 Å². The van der Waals surface area contributed by atoms with E-state index in [1.807, 2.05) is 29.6 Å². The van der Waals surface area contributed by atoms with E-state index in [2.05, 4.69) is 15.3 Å². The molecule has 3 aromatic rings. The topological polar surface area (TPSA) is 64.1 Å². The Kier molecular flexibility index (Phi) is 4.11. The first kappa shape index (κ1) is 14.2. The van der Waals surface area contributed by atoms with Gasteiger partial charge in [-0.15, -0.1) is 11.3 Å². The van der Waals surface area contributed by atoms with E-state index in [-0.39, 0.29) is 5.91 Å². The van der Waals surface area contributed by atoms with Crippen molar-refractivity contribution in [2.24, 2.45) is 0 Å². The average molecular weight is 311 g/mol. The predicted molar refractivity (Wildman–Crippen MR) is 86.3 cm³/mol. The lowest BCUT2D eigenvalue weighted by atomic mass is 10.2. The smallest absolute Gasteiger partial charge is 0.261 e. The van der Waals surface area contributed by atoms with Crippen molar-refractivity contribution in [3.05, 3.63) is 59.7 Å². The summed E-state index contributed by atoms with van der Waals surface area (Å²) in [7, 11) is 1.49. The number of nitrogens with zero attached hydrogens (tertiary/aromatic N) is 2. The molecule has 6 heteroatoms. The van der Waals surface area contributed by atoms with Crippen molar-refractivity contribution in [1.29, 1.82) is 0 Å². The zero-order chi connectivity index (χ0) is 15.4. The maximum absolute atomic E-state index is 12.3. The summed E-state index contributed by atoms with van der Waals surface area (Å²) in [5.74, 6) is 0.0476. The van der Waals surface area contributed by atoms with Crippen molar-refractivity contribution in [3.8, 4) is 16.5 Å². The number of carbonyl (C=O) groups excluding carboxylic acids is 1. The number of anilines is 1. The van der Waals surface area contributed by atoms with E-state index in [1.54, 1.807) is 35.9 Å². The highest BCUT2D eigenvalue weighted by atomic mass is 32.1. The molecule has 22 heavy (non-hydrogen) atoms. The van der Waals surface area contributed by atoms with Gasteiger partial charge >= 0.3 is 0 Å². The summed E-state index contributed by atoms with van der Waals surface area (Å²) in [5.41, 5.74) is 2.12. The van der Waals surface area contributed by atoms with Crippen LogP contribution in [0.5, 0.6) is 5.88 Å². The first-order chi connectivity index (χ1) is 10.8. The van der Waals surface area contributed by atoms with Gasteiger partial charge in [0.25, 0.3) is 5.91 Å². The molecule has 2 aromatic heterocycles. The van der Waals surface area contributed by atoms with Crippen molar-refractivity contribution in [2.45, 2.75) is 0 Å². The first-order valence-corrected chi connectivity index (χ1v) is 7.46. The molecule has 0 radical (unpaired) electrons. The predicted octanol–water partition coefficient (Wildman–Crippen LogP) is 3.47. The average Bonchev–Trinajstić information content (AvgIpc) is 3.10. The second-order valence-corrected chi connectivity index (χ2v) is 5.32. The number of methoxy groups -OCH3 is 1. The van der Waals surface area contributed by atoms with Gasteiger partial charge < -0.3 is 10.1 Å². The molecular formula is C16H13N3O2S. The van der Waals surface area contributed by atoms with Crippen LogP contribution in [0.3, 0.4) is 0 Å². The second kappa shape index (κ2) is 6.36. The van der Waals surface area contributed by atoms with Gasteiger partial charge in [-0.25, -0.2) is 9.97 Å². The van der Waals surface area contributed by atoms with E-state index in [9.17, 15) is 4.79 Å². The Morgan fingerprint density at radius 3 is 2.64 bits per heavy atom. The number of thiazole rings is 1. The summed E-state index contributed by atoms with van der Waals surface area (Å²) < 4.78 is 5.09. The van der Waals surface area contributed by atoms with E-state index in [0.29, 0.717) is 17.1 Å². The van der Waals surface area contributed by atoms with Gasteiger partial charge in [-0.2, -0.15) is 0 Å². The van der Waals surface area contributed by atoms with Crippen molar-refractivity contribution in [1.82, 2.24) is 9.97 Å². The number of pyridine rings is 1. The standard InChI is InChI=1S/C16H13N3O2S/c1-21-15-13(3-2-8-17-15)14(20)19-12-6-4-11(5-7-12)16-18-9-10-22-16/h2-10H,1H3,(H,19,20). The largest absolute Gasteiger partial charge is 0.480 e. The molecule has 0 aliphatic heterocycles. The van der Waals surface area contributed by atoms with E-state index in [4.69, 9.17) is 4.74 Å². The monoisotopic (exact) mass is 311 g/mol. The summed E-state index contributed by atoms with van der Waals surface area (Å²) in [6.45, 7) is 0. The molecule has 3 rings (SSSR count). The van der Waals surface area contributed by atoms with Crippen LogP contribution in [0.15, 0.2) is 54.2 Å². The molecule has 0 unspecified atom stereocenters. The van der Waals surface area contributed by atoms with Crippen LogP contribution < -0.4 is 10.1 Å². The molecule has 110 valence electrons. The normalized spacial score (nSPS) is 10.2. The number of rotatable bonds is 4. The van der Waals surface area contributed by atoms with Crippen LogP contribution in [0.1, 0.15) is 10.4 Å². The minimum atomic E-state index is -0.257. The second-order valence-electron chi connectivity index (χ2n) is 4.43. The van der Waals surface area contributed by atoms with Crippen molar-refractivity contribution >= 4 is 22.9 Å². The zero-order valence-electron chi connectivity index (χ0n) is 11.8. The highest BCUT2D eigenvalue weighted by Crippen LogP contribution is 2.24. The number of hydrogen-bond acceptors (Lipinski definition) is 5. The highest BCUT2D eigenvalue weighted by Gasteiger charge is 2.13. The van der Waals surface area contributed by atoms with Crippen LogP contribution >= 0.6 is 11.3 Å². The first-order valence-electron chi connectivity index (χ1n) is 6.58. The molecule has 0 fully saturated rings. The number of aromatic nitrogens is 2. The lowest BCUT2D eigenvalue weighted by molar-refractivity contribution is 0.102. The molecule has 0 bridgehead atoms. The fourth-order valence-corrected chi connectivity index (χ4v) is 2.63. The Morgan fingerprint density at radius 2 is 1.95 bits per heavy atom. The van der Waals surface area contributed by atoms with Crippen LogP contribution in [-0.4, -0.2) is 23.0 Å². The van der Waals surface area contributed by atoms with Gasteiger partial charge in [-0.1, -0.05) is 0 Å². The van der Waals surface area contributed by atoms with E-state index >= 15 is 0 Å². The van der Waals surface area contributed by atoms with Gasteiger partial charge in [0.1, 0.15) is 10.6 Å². The molecule has 5 nitrogen and oxygen atoms in total. The fraction of sp³-hybridized carbons (Fsp3) is 0.0625. The summed E-state index contributed by atoms with van der Waals surface area (Å²) in [6.07, 6.45) is 3.35. The summed E-state index contributed by atoms with van der Waals surface area (Å²) in [5, 5.41) is 5.71. The van der Waals surface area contributed by atoms with Crippen LogP contribution in [-0.2, 0) is 0 Å². The molecule has 1 amide bonds. The molecule has 0 spiro atoms. The van der Waals surface area contributed by atoms with Gasteiger partial charge in [0.05, 0.1) is 7.11 Å². The van der Waals surface area contributed by atoms with Crippen LogP contribution in [0, 0.1) is 0 Å². The number of hydrogen-bond donors (Lipinski definition) is 1. The molecule has 0 aliphatic carbocycles. The van der Waals surface area contributed by atoms with Crippen molar-refractivity contribution in [2.75, 3.05) is 12.4 Å². The van der Waals surface area contributed by atoms with Crippen LogP contribution in [0.25, 0.3) is 10.6 Å². The third-order valence-corrected chi connectivity index (χ3v) is 3.85. The summed E-state index contributed by atoms with van der Waals surface area (Å²) >= 11 is 1.57.